The van der Waals surface area contributed by atoms with Crippen LogP contribution in [0, 0.1) is 0 Å². The number of methoxy groups -OCH3 is 1. The van der Waals surface area contributed by atoms with Crippen molar-refractivity contribution in [3.63, 3.8) is 0 Å². The molecule has 1 aliphatic rings. The van der Waals surface area contributed by atoms with Gasteiger partial charge >= 0.3 is 0 Å². The van der Waals surface area contributed by atoms with Crippen molar-refractivity contribution in [2.75, 3.05) is 20.2 Å². The third-order valence-corrected chi connectivity index (χ3v) is 5.58. The summed E-state index contributed by atoms with van der Waals surface area (Å²) in [5, 5.41) is 0. The van der Waals surface area contributed by atoms with Crippen molar-refractivity contribution in [2.24, 2.45) is 5.73 Å². The number of nitrogens with zero attached hydrogens (tertiary/aromatic N) is 2. The van der Waals surface area contributed by atoms with Crippen LogP contribution in [0.1, 0.15) is 32.0 Å². The molecule has 0 spiro atoms. The van der Waals surface area contributed by atoms with Gasteiger partial charge in [0.25, 0.3) is 0 Å². The van der Waals surface area contributed by atoms with Gasteiger partial charge in [-0.1, -0.05) is 0 Å². The zero-order valence-corrected chi connectivity index (χ0v) is 13.1. The van der Waals surface area contributed by atoms with Gasteiger partial charge in [0.05, 0.1) is 6.10 Å². The minimum Gasteiger partial charge on any atom is -0.380 e. The summed E-state index contributed by atoms with van der Waals surface area (Å²) in [7, 11) is -1.84. The minimum absolute atomic E-state index is 0.00839. The molecule has 6 nitrogen and oxygen atoms in total. The number of aromatic nitrogens is 1. The Bertz CT molecular complexity index is 565. The Balaban J connectivity index is 2.31. The van der Waals surface area contributed by atoms with Crippen molar-refractivity contribution in [1.82, 2.24) is 8.87 Å². The first-order valence-electron chi connectivity index (χ1n) is 6.84. The second-order valence-electron chi connectivity index (χ2n) is 5.38. The monoisotopic (exact) mass is 301 g/mol. The van der Waals surface area contributed by atoms with E-state index in [0.29, 0.717) is 24.5 Å². The number of rotatable bonds is 5. The first-order chi connectivity index (χ1) is 9.40. The molecule has 1 aromatic rings. The molecule has 2 N–H and O–H groups in total. The van der Waals surface area contributed by atoms with E-state index in [-0.39, 0.29) is 12.1 Å². The molecule has 0 saturated carbocycles. The topological polar surface area (TPSA) is 77.6 Å². The van der Waals surface area contributed by atoms with Gasteiger partial charge in [0.15, 0.2) is 0 Å². The van der Waals surface area contributed by atoms with Crippen molar-refractivity contribution >= 4 is 10.0 Å². The lowest BCUT2D eigenvalue weighted by molar-refractivity contribution is 0.115. The molecule has 0 amide bonds. The van der Waals surface area contributed by atoms with E-state index in [4.69, 9.17) is 10.5 Å². The Kier molecular flexibility index (Phi) is 4.53. The van der Waals surface area contributed by atoms with E-state index in [2.05, 4.69) is 0 Å². The van der Waals surface area contributed by atoms with Crippen LogP contribution in [0.5, 0.6) is 0 Å². The SMILES string of the molecule is COC1CCN(S(=O)(=O)c2cc(CN)n(C(C)C)c2)C1. The fourth-order valence-electron chi connectivity index (χ4n) is 2.54. The molecule has 1 atom stereocenters. The van der Waals surface area contributed by atoms with Crippen molar-refractivity contribution in [3.05, 3.63) is 18.0 Å². The summed E-state index contributed by atoms with van der Waals surface area (Å²) in [6.07, 6.45) is 2.41. The van der Waals surface area contributed by atoms with Gasteiger partial charge < -0.3 is 15.0 Å². The molecule has 1 aromatic heterocycles. The van der Waals surface area contributed by atoms with E-state index in [0.717, 1.165) is 12.1 Å². The van der Waals surface area contributed by atoms with Crippen LogP contribution in [0.15, 0.2) is 17.2 Å². The first-order valence-corrected chi connectivity index (χ1v) is 8.28. The van der Waals surface area contributed by atoms with Crippen LogP contribution in [-0.2, 0) is 21.3 Å². The van der Waals surface area contributed by atoms with Crippen LogP contribution in [0.4, 0.5) is 0 Å². The summed E-state index contributed by atoms with van der Waals surface area (Å²) in [4.78, 5) is 0.323. The molecular weight excluding hydrogens is 278 g/mol. The van der Waals surface area contributed by atoms with Gasteiger partial charge in [0.1, 0.15) is 4.90 Å². The van der Waals surface area contributed by atoms with Crippen LogP contribution in [0.2, 0.25) is 0 Å². The van der Waals surface area contributed by atoms with Crippen molar-refractivity contribution in [1.29, 1.82) is 0 Å². The van der Waals surface area contributed by atoms with Crippen LogP contribution in [-0.4, -0.2) is 43.6 Å². The predicted molar refractivity (Wildman–Crippen MR) is 76.9 cm³/mol. The highest BCUT2D eigenvalue weighted by Crippen LogP contribution is 2.25. The van der Waals surface area contributed by atoms with E-state index in [1.807, 2.05) is 18.4 Å². The molecule has 114 valence electrons. The summed E-state index contributed by atoms with van der Waals surface area (Å²) in [6.45, 7) is 5.27. The highest BCUT2D eigenvalue weighted by atomic mass is 32.2. The van der Waals surface area contributed by atoms with Gasteiger partial charge in [-0.3, -0.25) is 0 Å². The summed E-state index contributed by atoms with van der Waals surface area (Å²) >= 11 is 0. The van der Waals surface area contributed by atoms with Gasteiger partial charge in [-0.15, -0.1) is 0 Å². The van der Waals surface area contributed by atoms with Gasteiger partial charge in [-0.05, 0) is 26.3 Å². The van der Waals surface area contributed by atoms with Crippen LogP contribution < -0.4 is 5.73 Å². The molecule has 20 heavy (non-hydrogen) atoms. The largest absolute Gasteiger partial charge is 0.380 e. The summed E-state index contributed by atoms with van der Waals surface area (Å²) in [5.41, 5.74) is 6.53. The standard InChI is InChI=1S/C13H23N3O3S/c1-10(2)16-9-13(6-11(16)7-14)20(17,18)15-5-4-12(8-15)19-3/h6,9-10,12H,4-5,7-8,14H2,1-3H3. The van der Waals surface area contributed by atoms with Crippen LogP contribution in [0.3, 0.4) is 0 Å². The maximum Gasteiger partial charge on any atom is 0.244 e. The average molecular weight is 301 g/mol. The van der Waals surface area contributed by atoms with Gasteiger partial charge in [0, 0.05) is 44.7 Å². The number of ether oxygens (including phenoxy) is 1. The molecule has 0 aliphatic carbocycles. The number of hydrogen-bond donors (Lipinski definition) is 1. The van der Waals surface area contributed by atoms with Crippen LogP contribution >= 0.6 is 0 Å². The number of hydrogen-bond acceptors (Lipinski definition) is 4. The average Bonchev–Trinajstić information content (AvgIpc) is 3.05. The summed E-state index contributed by atoms with van der Waals surface area (Å²) < 4.78 is 33.9. The molecule has 1 unspecified atom stereocenters. The Hall–Kier alpha value is -0.890. The zero-order chi connectivity index (χ0) is 14.9. The summed E-state index contributed by atoms with van der Waals surface area (Å²) in [5.74, 6) is 0. The maximum absolute atomic E-state index is 12.6. The van der Waals surface area contributed by atoms with Crippen molar-refractivity contribution in [3.8, 4) is 0 Å². The normalized spacial score (nSPS) is 20.9. The molecule has 1 fully saturated rings. The molecule has 1 aliphatic heterocycles. The Morgan fingerprint density at radius 1 is 1.50 bits per heavy atom. The predicted octanol–water partition coefficient (Wildman–Crippen LogP) is 0.937. The van der Waals surface area contributed by atoms with E-state index >= 15 is 0 Å². The molecule has 1 saturated heterocycles. The Morgan fingerprint density at radius 3 is 2.65 bits per heavy atom. The first kappa shape index (κ1) is 15.5. The second kappa shape index (κ2) is 5.85. The van der Waals surface area contributed by atoms with E-state index < -0.39 is 10.0 Å². The van der Waals surface area contributed by atoms with Gasteiger partial charge in [0.2, 0.25) is 10.0 Å². The third kappa shape index (κ3) is 2.76. The van der Waals surface area contributed by atoms with Crippen molar-refractivity contribution in [2.45, 2.75) is 43.9 Å². The summed E-state index contributed by atoms with van der Waals surface area (Å²) in [6, 6.07) is 1.86. The quantitative estimate of drug-likeness (QED) is 0.878. The Morgan fingerprint density at radius 2 is 2.20 bits per heavy atom. The van der Waals surface area contributed by atoms with E-state index in [1.54, 1.807) is 19.4 Å². The van der Waals surface area contributed by atoms with E-state index in [9.17, 15) is 8.42 Å². The zero-order valence-electron chi connectivity index (χ0n) is 12.2. The molecule has 2 heterocycles. The number of nitrogens with two attached hydrogens (primary N) is 1. The van der Waals surface area contributed by atoms with Crippen molar-refractivity contribution < 1.29 is 13.2 Å². The lowest BCUT2D eigenvalue weighted by Crippen LogP contribution is -2.29. The lowest BCUT2D eigenvalue weighted by atomic mass is 10.3. The highest BCUT2D eigenvalue weighted by molar-refractivity contribution is 7.89. The maximum atomic E-state index is 12.6. The second-order valence-corrected chi connectivity index (χ2v) is 7.32. The fraction of sp³-hybridized carbons (Fsp3) is 0.692. The van der Waals surface area contributed by atoms with Gasteiger partial charge in [-0.25, -0.2) is 8.42 Å². The molecular formula is C13H23N3O3S. The molecule has 0 aromatic carbocycles. The fourth-order valence-corrected chi connectivity index (χ4v) is 4.08. The van der Waals surface area contributed by atoms with Gasteiger partial charge in [-0.2, -0.15) is 4.31 Å². The molecule has 0 bridgehead atoms. The molecule has 0 radical (unpaired) electrons. The van der Waals surface area contributed by atoms with Crippen LogP contribution in [0.25, 0.3) is 0 Å². The molecule has 2 rings (SSSR count). The Labute approximate surface area is 120 Å². The lowest BCUT2D eigenvalue weighted by Gasteiger charge is -2.15. The third-order valence-electron chi connectivity index (χ3n) is 3.75. The molecule has 7 heteroatoms. The van der Waals surface area contributed by atoms with E-state index in [1.165, 1.54) is 4.31 Å². The highest BCUT2D eigenvalue weighted by Gasteiger charge is 2.33. The minimum atomic E-state index is -3.45. The smallest absolute Gasteiger partial charge is 0.244 e. The number of sulfonamides is 1.